The van der Waals surface area contributed by atoms with E-state index in [1.165, 1.54) is 31.2 Å². The van der Waals surface area contributed by atoms with Gasteiger partial charge in [-0.05, 0) is 48.9 Å². The number of carbonyl (C=O) groups excluding carboxylic acids is 2. The van der Waals surface area contributed by atoms with Gasteiger partial charge in [0.05, 0.1) is 0 Å². The number of amides is 1. The molecule has 0 radical (unpaired) electrons. The normalized spacial score (nSPS) is 11.6. The summed E-state index contributed by atoms with van der Waals surface area (Å²) >= 11 is 5.75. The van der Waals surface area contributed by atoms with Crippen molar-refractivity contribution in [2.75, 3.05) is 0 Å². The van der Waals surface area contributed by atoms with Crippen molar-refractivity contribution in [3.05, 3.63) is 70.5 Å². The second-order valence-corrected chi connectivity index (χ2v) is 5.37. The number of hydrogen-bond acceptors (Lipinski definition) is 3. The first-order valence-corrected chi connectivity index (χ1v) is 7.31. The quantitative estimate of drug-likeness (QED) is 0.853. The largest absolute Gasteiger partial charge is 0.459 e. The molecule has 0 unspecified atom stereocenters. The van der Waals surface area contributed by atoms with Crippen molar-refractivity contribution in [3.63, 3.8) is 0 Å². The van der Waals surface area contributed by atoms with Crippen molar-refractivity contribution in [1.29, 1.82) is 0 Å². The number of halogens is 2. The molecule has 0 saturated heterocycles. The third-order valence-electron chi connectivity index (χ3n) is 3.10. The summed E-state index contributed by atoms with van der Waals surface area (Å²) in [6.07, 6.45) is 0. The van der Waals surface area contributed by atoms with Gasteiger partial charge in [-0.25, -0.2) is 9.18 Å². The minimum Gasteiger partial charge on any atom is -0.459 e. The first-order valence-electron chi connectivity index (χ1n) is 6.93. The Morgan fingerprint density at radius 1 is 1.13 bits per heavy atom. The molecule has 2 rings (SSSR count). The molecule has 120 valence electrons. The average molecular weight is 336 g/mol. The van der Waals surface area contributed by atoms with E-state index < -0.39 is 17.9 Å². The summed E-state index contributed by atoms with van der Waals surface area (Å²) in [6, 6.07) is 11.1. The van der Waals surface area contributed by atoms with Crippen molar-refractivity contribution >= 4 is 23.5 Å². The Labute approximate surface area is 138 Å². The van der Waals surface area contributed by atoms with Crippen molar-refractivity contribution in [2.24, 2.45) is 0 Å². The Hall–Kier alpha value is -2.40. The van der Waals surface area contributed by atoms with Crippen LogP contribution in [0, 0.1) is 5.82 Å². The van der Waals surface area contributed by atoms with Crippen LogP contribution in [-0.2, 0) is 16.1 Å². The molecule has 1 N–H and O–H groups in total. The van der Waals surface area contributed by atoms with Crippen LogP contribution in [0.15, 0.2) is 48.5 Å². The van der Waals surface area contributed by atoms with Gasteiger partial charge in [-0.1, -0.05) is 23.7 Å². The molecule has 0 aliphatic rings. The predicted molar refractivity (Wildman–Crippen MR) is 84.6 cm³/mol. The molecular weight excluding hydrogens is 321 g/mol. The Balaban J connectivity index is 1.85. The van der Waals surface area contributed by atoms with Crippen LogP contribution in [0.1, 0.15) is 22.8 Å². The van der Waals surface area contributed by atoms with E-state index >= 15 is 0 Å². The van der Waals surface area contributed by atoms with Gasteiger partial charge >= 0.3 is 5.97 Å². The molecule has 0 aliphatic heterocycles. The van der Waals surface area contributed by atoms with E-state index in [9.17, 15) is 14.0 Å². The lowest BCUT2D eigenvalue weighted by atomic mass is 10.2. The fourth-order valence-corrected chi connectivity index (χ4v) is 1.93. The van der Waals surface area contributed by atoms with Crippen molar-refractivity contribution in [2.45, 2.75) is 19.6 Å². The Morgan fingerprint density at radius 2 is 1.74 bits per heavy atom. The molecule has 0 aromatic heterocycles. The first kappa shape index (κ1) is 17.0. The van der Waals surface area contributed by atoms with Crippen LogP contribution in [0.5, 0.6) is 0 Å². The molecule has 2 aromatic rings. The maximum absolute atomic E-state index is 12.8. The van der Waals surface area contributed by atoms with Gasteiger partial charge in [0.2, 0.25) is 0 Å². The molecule has 0 bridgehead atoms. The van der Waals surface area contributed by atoms with Crippen LogP contribution < -0.4 is 5.32 Å². The van der Waals surface area contributed by atoms with Gasteiger partial charge < -0.3 is 10.1 Å². The van der Waals surface area contributed by atoms with Gasteiger partial charge in [0.25, 0.3) is 5.91 Å². The number of carbonyl (C=O) groups is 2. The number of nitrogens with one attached hydrogen (secondary N) is 1. The van der Waals surface area contributed by atoms with Crippen LogP contribution in [0.25, 0.3) is 0 Å². The maximum atomic E-state index is 12.8. The Kier molecular flexibility index (Phi) is 5.71. The molecule has 0 fully saturated rings. The average Bonchev–Trinajstić information content (AvgIpc) is 2.54. The maximum Gasteiger partial charge on any atom is 0.328 e. The van der Waals surface area contributed by atoms with Gasteiger partial charge in [0.1, 0.15) is 18.5 Å². The monoisotopic (exact) mass is 335 g/mol. The van der Waals surface area contributed by atoms with Crippen molar-refractivity contribution in [3.8, 4) is 0 Å². The van der Waals surface area contributed by atoms with Crippen LogP contribution in [0.3, 0.4) is 0 Å². The molecular formula is C17H15ClFNO3. The van der Waals surface area contributed by atoms with Gasteiger partial charge in [0, 0.05) is 10.6 Å². The lowest BCUT2D eigenvalue weighted by Gasteiger charge is -2.13. The molecule has 23 heavy (non-hydrogen) atoms. The summed E-state index contributed by atoms with van der Waals surface area (Å²) in [7, 11) is 0. The number of ether oxygens (including phenoxy) is 1. The molecule has 4 nitrogen and oxygen atoms in total. The predicted octanol–water partition coefficient (Wildman–Crippen LogP) is 3.34. The third kappa shape index (κ3) is 5.07. The highest BCUT2D eigenvalue weighted by Gasteiger charge is 2.18. The second kappa shape index (κ2) is 7.74. The smallest absolute Gasteiger partial charge is 0.328 e. The minimum absolute atomic E-state index is 0.0142. The van der Waals surface area contributed by atoms with Gasteiger partial charge in [-0.2, -0.15) is 0 Å². The van der Waals surface area contributed by atoms with E-state index in [0.717, 1.165) is 0 Å². The highest BCUT2D eigenvalue weighted by molar-refractivity contribution is 6.30. The van der Waals surface area contributed by atoms with Gasteiger partial charge in [-0.15, -0.1) is 0 Å². The van der Waals surface area contributed by atoms with Crippen molar-refractivity contribution in [1.82, 2.24) is 5.32 Å². The minimum atomic E-state index is -0.807. The Morgan fingerprint density at radius 3 is 2.35 bits per heavy atom. The van der Waals surface area contributed by atoms with Crippen LogP contribution in [0.2, 0.25) is 5.02 Å². The summed E-state index contributed by atoms with van der Waals surface area (Å²) < 4.78 is 17.9. The van der Waals surface area contributed by atoms with Gasteiger partial charge in [-0.3, -0.25) is 4.79 Å². The van der Waals surface area contributed by atoms with Crippen LogP contribution in [-0.4, -0.2) is 17.9 Å². The number of hydrogen-bond donors (Lipinski definition) is 1. The van der Waals surface area contributed by atoms with Crippen molar-refractivity contribution < 1.29 is 18.7 Å². The van der Waals surface area contributed by atoms with Gasteiger partial charge in [0.15, 0.2) is 0 Å². The molecule has 1 amide bonds. The number of esters is 1. The highest BCUT2D eigenvalue weighted by atomic mass is 35.5. The SMILES string of the molecule is C[C@H](NC(=O)c1ccc(Cl)cc1)C(=O)OCc1ccc(F)cc1. The lowest BCUT2D eigenvalue weighted by molar-refractivity contribution is -0.146. The first-order chi connectivity index (χ1) is 11.0. The molecule has 6 heteroatoms. The standard InChI is InChI=1S/C17H15ClFNO3/c1-11(20-16(21)13-4-6-14(18)7-5-13)17(22)23-10-12-2-8-15(19)9-3-12/h2-9,11H,10H2,1H3,(H,20,21)/t11-/m0/s1. The zero-order chi connectivity index (χ0) is 16.8. The van der Waals surface area contributed by atoms with E-state index in [2.05, 4.69) is 5.32 Å². The van der Waals surface area contributed by atoms with E-state index in [4.69, 9.17) is 16.3 Å². The molecule has 0 spiro atoms. The second-order valence-electron chi connectivity index (χ2n) is 4.94. The summed E-state index contributed by atoms with van der Waals surface area (Å²) in [5.41, 5.74) is 1.06. The zero-order valence-electron chi connectivity index (χ0n) is 12.4. The van der Waals surface area contributed by atoms with E-state index in [1.54, 1.807) is 24.3 Å². The fraction of sp³-hybridized carbons (Fsp3) is 0.176. The molecule has 0 heterocycles. The third-order valence-corrected chi connectivity index (χ3v) is 3.35. The molecule has 2 aromatic carbocycles. The zero-order valence-corrected chi connectivity index (χ0v) is 13.1. The van der Waals surface area contributed by atoms with Crippen LogP contribution in [0.4, 0.5) is 4.39 Å². The fourth-order valence-electron chi connectivity index (χ4n) is 1.80. The van der Waals surface area contributed by atoms with E-state index in [1.807, 2.05) is 0 Å². The summed E-state index contributed by atoms with van der Waals surface area (Å²) in [6.45, 7) is 1.54. The molecule has 0 aliphatic carbocycles. The van der Waals surface area contributed by atoms with E-state index in [0.29, 0.717) is 16.1 Å². The highest BCUT2D eigenvalue weighted by Crippen LogP contribution is 2.10. The van der Waals surface area contributed by atoms with Crippen LogP contribution >= 0.6 is 11.6 Å². The summed E-state index contributed by atoms with van der Waals surface area (Å²) in [5.74, 6) is -1.33. The lowest BCUT2D eigenvalue weighted by Crippen LogP contribution is -2.39. The van der Waals surface area contributed by atoms with E-state index in [-0.39, 0.29) is 12.4 Å². The summed E-state index contributed by atoms with van der Waals surface area (Å²) in [5, 5.41) is 3.07. The Bertz CT molecular complexity index is 686. The summed E-state index contributed by atoms with van der Waals surface area (Å²) in [4.78, 5) is 23.9. The number of rotatable bonds is 5. The topological polar surface area (TPSA) is 55.4 Å². The number of benzene rings is 2. The molecule has 1 atom stereocenters. The molecule has 0 saturated carbocycles.